The van der Waals surface area contributed by atoms with Crippen LogP contribution in [0.2, 0.25) is 0 Å². The van der Waals surface area contributed by atoms with Gasteiger partial charge in [0.1, 0.15) is 0 Å². The third kappa shape index (κ3) is 3.71. The van der Waals surface area contributed by atoms with Gasteiger partial charge in [-0.25, -0.2) is 0 Å². The molecule has 3 heterocycles. The molecule has 2 saturated heterocycles. The number of likely N-dealkylation sites (tertiary alicyclic amines) is 1. The Bertz CT molecular complexity index is 1010. The summed E-state index contributed by atoms with van der Waals surface area (Å²) in [7, 11) is 0. The highest BCUT2D eigenvalue weighted by molar-refractivity contribution is 6.06. The molecule has 2 aliphatic heterocycles. The van der Waals surface area contributed by atoms with Crippen LogP contribution in [0.4, 0.5) is 0 Å². The number of hydrogen-bond donors (Lipinski definition) is 0. The van der Waals surface area contributed by atoms with Crippen molar-refractivity contribution in [3.8, 4) is 0 Å². The first kappa shape index (κ1) is 19.2. The summed E-state index contributed by atoms with van der Waals surface area (Å²) in [6, 6.07) is 19.9. The van der Waals surface area contributed by atoms with Crippen molar-refractivity contribution < 1.29 is 9.53 Å². The van der Waals surface area contributed by atoms with E-state index < -0.39 is 0 Å². The predicted molar refractivity (Wildman–Crippen MR) is 117 cm³/mol. The third-order valence-electron chi connectivity index (χ3n) is 6.27. The van der Waals surface area contributed by atoms with E-state index >= 15 is 0 Å². The molecule has 0 unspecified atom stereocenters. The zero-order valence-electron chi connectivity index (χ0n) is 17.1. The molecule has 2 fully saturated rings. The highest BCUT2D eigenvalue weighted by Gasteiger charge is 2.38. The highest BCUT2D eigenvalue weighted by atomic mass is 16.5. The standard InChI is InChI=1S/C25H27N3O2/c29-25(21-12-13-26-22-11-5-4-10-20(21)22)28-16-17-30-23(18-27-14-6-7-15-27)24(28)19-8-2-1-3-9-19/h1-5,8-13,23-24H,6-7,14-18H2/t23-,24-/m0/s1. The van der Waals surface area contributed by atoms with Gasteiger partial charge in [0.2, 0.25) is 0 Å². The van der Waals surface area contributed by atoms with E-state index in [1.807, 2.05) is 53.4 Å². The molecule has 2 aromatic carbocycles. The van der Waals surface area contributed by atoms with Gasteiger partial charge in [0.05, 0.1) is 29.8 Å². The number of aromatic nitrogens is 1. The van der Waals surface area contributed by atoms with E-state index in [0.29, 0.717) is 18.7 Å². The van der Waals surface area contributed by atoms with Crippen molar-refractivity contribution in [2.24, 2.45) is 0 Å². The van der Waals surface area contributed by atoms with Gasteiger partial charge in [-0.2, -0.15) is 0 Å². The van der Waals surface area contributed by atoms with E-state index in [-0.39, 0.29) is 18.1 Å². The minimum absolute atomic E-state index is 0.0312. The van der Waals surface area contributed by atoms with Crippen LogP contribution in [-0.2, 0) is 4.74 Å². The summed E-state index contributed by atoms with van der Waals surface area (Å²) in [5, 5.41) is 0.902. The molecule has 30 heavy (non-hydrogen) atoms. The van der Waals surface area contributed by atoms with Gasteiger partial charge >= 0.3 is 0 Å². The second-order valence-corrected chi connectivity index (χ2v) is 8.15. The molecule has 0 N–H and O–H groups in total. The van der Waals surface area contributed by atoms with Gasteiger partial charge in [-0.15, -0.1) is 0 Å². The molecule has 3 aromatic rings. The van der Waals surface area contributed by atoms with Gasteiger partial charge in [0.25, 0.3) is 5.91 Å². The zero-order valence-corrected chi connectivity index (χ0v) is 17.1. The molecule has 154 valence electrons. The molecular formula is C25H27N3O2. The van der Waals surface area contributed by atoms with E-state index in [4.69, 9.17) is 4.74 Å². The lowest BCUT2D eigenvalue weighted by molar-refractivity contribution is -0.0706. The molecule has 0 spiro atoms. The monoisotopic (exact) mass is 401 g/mol. The van der Waals surface area contributed by atoms with E-state index in [0.717, 1.165) is 36.1 Å². The van der Waals surface area contributed by atoms with Crippen molar-refractivity contribution in [2.45, 2.75) is 25.0 Å². The van der Waals surface area contributed by atoms with Crippen molar-refractivity contribution >= 4 is 16.8 Å². The number of amides is 1. The quantitative estimate of drug-likeness (QED) is 0.665. The summed E-state index contributed by atoms with van der Waals surface area (Å²) in [6.07, 6.45) is 4.19. The molecule has 1 aromatic heterocycles. The number of nitrogens with zero attached hydrogens (tertiary/aromatic N) is 3. The van der Waals surface area contributed by atoms with Crippen LogP contribution in [0.1, 0.15) is 34.8 Å². The van der Waals surface area contributed by atoms with E-state index in [1.165, 1.54) is 12.8 Å². The number of benzene rings is 2. The SMILES string of the molecule is O=C(c1ccnc2ccccc12)N1CCO[C@@H](CN2CCCC2)[C@@H]1c1ccccc1. The second kappa shape index (κ2) is 8.54. The average molecular weight is 402 g/mol. The lowest BCUT2D eigenvalue weighted by atomic mass is 9.96. The van der Waals surface area contributed by atoms with Gasteiger partial charge in [-0.05, 0) is 43.6 Å². The number of fused-ring (bicyclic) bond motifs is 1. The molecule has 5 rings (SSSR count). The Balaban J connectivity index is 1.52. The maximum Gasteiger partial charge on any atom is 0.255 e. The van der Waals surface area contributed by atoms with Crippen LogP contribution in [0, 0.1) is 0 Å². The molecule has 1 amide bonds. The Morgan fingerprint density at radius 3 is 2.57 bits per heavy atom. The van der Waals surface area contributed by atoms with Crippen molar-refractivity contribution in [3.63, 3.8) is 0 Å². The first-order valence-corrected chi connectivity index (χ1v) is 10.8. The van der Waals surface area contributed by atoms with Gasteiger partial charge in [0.15, 0.2) is 0 Å². The molecule has 0 aliphatic carbocycles. The van der Waals surface area contributed by atoms with Crippen molar-refractivity contribution in [3.05, 3.63) is 78.0 Å². The minimum atomic E-state index is -0.0972. The van der Waals surface area contributed by atoms with E-state index in [2.05, 4.69) is 22.0 Å². The Morgan fingerprint density at radius 1 is 0.967 bits per heavy atom. The second-order valence-electron chi connectivity index (χ2n) is 8.15. The molecular weight excluding hydrogens is 374 g/mol. The van der Waals surface area contributed by atoms with E-state index in [1.54, 1.807) is 6.20 Å². The maximum absolute atomic E-state index is 13.8. The highest BCUT2D eigenvalue weighted by Crippen LogP contribution is 2.33. The van der Waals surface area contributed by atoms with Gasteiger partial charge in [0, 0.05) is 24.7 Å². The van der Waals surface area contributed by atoms with Crippen LogP contribution in [0.3, 0.4) is 0 Å². The first-order valence-electron chi connectivity index (χ1n) is 10.8. The summed E-state index contributed by atoms with van der Waals surface area (Å²) in [6.45, 7) is 4.25. The third-order valence-corrected chi connectivity index (χ3v) is 6.27. The minimum Gasteiger partial charge on any atom is -0.373 e. The van der Waals surface area contributed by atoms with Crippen LogP contribution in [0.25, 0.3) is 10.9 Å². The lowest BCUT2D eigenvalue weighted by Gasteiger charge is -2.43. The molecule has 5 nitrogen and oxygen atoms in total. The average Bonchev–Trinajstić information content (AvgIpc) is 3.32. The molecule has 0 radical (unpaired) electrons. The van der Waals surface area contributed by atoms with Crippen LogP contribution in [0.15, 0.2) is 66.9 Å². The van der Waals surface area contributed by atoms with Crippen molar-refractivity contribution in [2.75, 3.05) is 32.8 Å². The fourth-order valence-electron chi connectivity index (χ4n) is 4.82. The molecule has 0 saturated carbocycles. The Labute approximate surface area is 177 Å². The van der Waals surface area contributed by atoms with Crippen molar-refractivity contribution in [1.82, 2.24) is 14.8 Å². The maximum atomic E-state index is 13.8. The number of carbonyl (C=O) groups is 1. The van der Waals surface area contributed by atoms with Crippen molar-refractivity contribution in [1.29, 1.82) is 0 Å². The summed E-state index contributed by atoms with van der Waals surface area (Å²) in [4.78, 5) is 22.7. The summed E-state index contributed by atoms with van der Waals surface area (Å²) >= 11 is 0. The first-order chi connectivity index (χ1) is 14.8. The predicted octanol–water partition coefficient (Wildman–Crippen LogP) is 3.91. The summed E-state index contributed by atoms with van der Waals surface area (Å²) < 4.78 is 6.26. The van der Waals surface area contributed by atoms with Gasteiger partial charge in [-0.3, -0.25) is 9.78 Å². The smallest absolute Gasteiger partial charge is 0.255 e. The fraction of sp³-hybridized carbons (Fsp3) is 0.360. The number of ether oxygens (including phenoxy) is 1. The normalized spacial score (nSPS) is 22.5. The number of rotatable bonds is 4. The molecule has 2 atom stereocenters. The fourth-order valence-corrected chi connectivity index (χ4v) is 4.82. The number of pyridine rings is 1. The lowest BCUT2D eigenvalue weighted by Crippen LogP contribution is -2.51. The van der Waals surface area contributed by atoms with Gasteiger partial charge in [-0.1, -0.05) is 48.5 Å². The van der Waals surface area contributed by atoms with Crippen LogP contribution >= 0.6 is 0 Å². The zero-order chi connectivity index (χ0) is 20.3. The Morgan fingerprint density at radius 2 is 1.73 bits per heavy atom. The largest absolute Gasteiger partial charge is 0.373 e. The summed E-state index contributed by atoms with van der Waals surface area (Å²) in [5.74, 6) is 0.0529. The number of para-hydroxylation sites is 1. The number of hydrogen-bond acceptors (Lipinski definition) is 4. The van der Waals surface area contributed by atoms with Gasteiger partial charge < -0.3 is 14.5 Å². The Hall–Kier alpha value is -2.76. The molecule has 5 heteroatoms. The number of morpholine rings is 1. The van der Waals surface area contributed by atoms with Crippen LogP contribution in [0.5, 0.6) is 0 Å². The van der Waals surface area contributed by atoms with Crippen LogP contribution < -0.4 is 0 Å². The summed E-state index contributed by atoms with van der Waals surface area (Å²) in [5.41, 5.74) is 2.69. The number of carbonyl (C=O) groups excluding carboxylic acids is 1. The van der Waals surface area contributed by atoms with Crippen LogP contribution in [-0.4, -0.2) is 59.6 Å². The molecule has 2 aliphatic rings. The van der Waals surface area contributed by atoms with E-state index in [9.17, 15) is 4.79 Å². The molecule has 0 bridgehead atoms. The Kier molecular flexibility index (Phi) is 5.47. The topological polar surface area (TPSA) is 45.7 Å².